The molecule has 0 aliphatic rings. The highest BCUT2D eigenvalue weighted by Crippen LogP contribution is 2.32. The van der Waals surface area contributed by atoms with Crippen molar-refractivity contribution in [3.8, 4) is 11.5 Å². The molecular formula is C12H16O2. The predicted molar refractivity (Wildman–Crippen MR) is 58.0 cm³/mol. The van der Waals surface area contributed by atoms with Gasteiger partial charge in [-0.3, -0.25) is 0 Å². The summed E-state index contributed by atoms with van der Waals surface area (Å²) >= 11 is 0. The molecule has 1 aromatic carbocycles. The summed E-state index contributed by atoms with van der Waals surface area (Å²) in [7, 11) is 1.63. The number of aryl methyl sites for hydroxylation is 1. The van der Waals surface area contributed by atoms with Crippen molar-refractivity contribution in [2.75, 3.05) is 7.11 Å². The van der Waals surface area contributed by atoms with E-state index >= 15 is 0 Å². The van der Waals surface area contributed by atoms with E-state index in [0.717, 1.165) is 16.9 Å². The summed E-state index contributed by atoms with van der Waals surface area (Å²) in [5, 5.41) is 9.71. The first-order valence-corrected chi connectivity index (χ1v) is 4.60. The molecule has 0 heterocycles. The van der Waals surface area contributed by atoms with Gasteiger partial charge in [-0.05, 0) is 24.6 Å². The summed E-state index contributed by atoms with van der Waals surface area (Å²) < 4.78 is 5.19. The number of phenolic OH excluding ortho intramolecular Hbond substituents is 1. The predicted octanol–water partition coefficient (Wildman–Crippen LogP) is 3.00. The number of allylic oxidation sites excluding steroid dienone is 1. The van der Waals surface area contributed by atoms with E-state index < -0.39 is 0 Å². The van der Waals surface area contributed by atoms with E-state index in [9.17, 15) is 5.11 Å². The molecule has 0 aliphatic heterocycles. The van der Waals surface area contributed by atoms with Gasteiger partial charge >= 0.3 is 0 Å². The van der Waals surface area contributed by atoms with Crippen molar-refractivity contribution in [1.29, 1.82) is 0 Å². The van der Waals surface area contributed by atoms with Gasteiger partial charge in [-0.2, -0.15) is 0 Å². The van der Waals surface area contributed by atoms with E-state index in [1.54, 1.807) is 19.3 Å². The molecule has 1 rings (SSSR count). The number of hydrogen-bond acceptors (Lipinski definition) is 2. The van der Waals surface area contributed by atoms with Crippen LogP contribution in [0.15, 0.2) is 24.8 Å². The van der Waals surface area contributed by atoms with Crippen molar-refractivity contribution in [3.05, 3.63) is 35.9 Å². The van der Waals surface area contributed by atoms with Gasteiger partial charge in [0.25, 0.3) is 0 Å². The van der Waals surface area contributed by atoms with E-state index in [4.69, 9.17) is 4.74 Å². The van der Waals surface area contributed by atoms with Crippen LogP contribution < -0.4 is 4.74 Å². The number of benzene rings is 1. The van der Waals surface area contributed by atoms with Gasteiger partial charge in [-0.25, -0.2) is 0 Å². The van der Waals surface area contributed by atoms with E-state index in [-0.39, 0.29) is 5.92 Å². The monoisotopic (exact) mass is 192 g/mol. The van der Waals surface area contributed by atoms with Crippen molar-refractivity contribution in [2.45, 2.75) is 19.8 Å². The van der Waals surface area contributed by atoms with Crippen LogP contribution in [0.4, 0.5) is 0 Å². The Bertz CT molecular complexity index is 342. The van der Waals surface area contributed by atoms with Crippen LogP contribution in [0.3, 0.4) is 0 Å². The van der Waals surface area contributed by atoms with E-state index in [1.165, 1.54) is 0 Å². The maximum absolute atomic E-state index is 9.71. The van der Waals surface area contributed by atoms with Gasteiger partial charge in [-0.1, -0.05) is 13.0 Å². The summed E-state index contributed by atoms with van der Waals surface area (Å²) in [6.45, 7) is 7.59. The van der Waals surface area contributed by atoms with Gasteiger partial charge in [0.15, 0.2) is 0 Å². The molecule has 0 bridgehead atoms. The van der Waals surface area contributed by atoms with Crippen molar-refractivity contribution in [3.63, 3.8) is 0 Å². The van der Waals surface area contributed by atoms with Crippen molar-refractivity contribution >= 4 is 0 Å². The Labute approximate surface area is 84.8 Å². The summed E-state index contributed by atoms with van der Waals surface area (Å²) in [6, 6.07) is 3.57. The first kappa shape index (κ1) is 10.6. The van der Waals surface area contributed by atoms with Crippen LogP contribution in [-0.4, -0.2) is 12.2 Å². The zero-order chi connectivity index (χ0) is 10.7. The Morgan fingerprint density at radius 1 is 1.50 bits per heavy atom. The Kier molecular flexibility index (Phi) is 3.18. The average Bonchev–Trinajstić information content (AvgIpc) is 2.17. The second kappa shape index (κ2) is 4.18. The molecule has 0 aliphatic carbocycles. The highest BCUT2D eigenvalue weighted by atomic mass is 16.5. The fourth-order valence-corrected chi connectivity index (χ4v) is 1.40. The van der Waals surface area contributed by atoms with Gasteiger partial charge in [0, 0.05) is 11.5 Å². The maximum Gasteiger partial charge on any atom is 0.122 e. The lowest BCUT2D eigenvalue weighted by atomic mass is 9.98. The van der Waals surface area contributed by atoms with Crippen LogP contribution in [0.25, 0.3) is 0 Å². The molecule has 1 unspecified atom stereocenters. The minimum absolute atomic E-state index is 0.129. The first-order valence-electron chi connectivity index (χ1n) is 4.60. The van der Waals surface area contributed by atoms with E-state index in [0.29, 0.717) is 5.75 Å². The summed E-state index contributed by atoms with van der Waals surface area (Å²) in [4.78, 5) is 0. The minimum atomic E-state index is 0.129. The molecule has 0 saturated heterocycles. The third-order valence-electron chi connectivity index (χ3n) is 2.39. The van der Waals surface area contributed by atoms with Gasteiger partial charge in [0.05, 0.1) is 7.11 Å². The molecule has 2 nitrogen and oxygen atoms in total. The fourth-order valence-electron chi connectivity index (χ4n) is 1.40. The summed E-state index contributed by atoms with van der Waals surface area (Å²) in [5.41, 5.74) is 1.78. The van der Waals surface area contributed by atoms with Crippen LogP contribution in [0.2, 0.25) is 0 Å². The largest absolute Gasteiger partial charge is 0.508 e. The van der Waals surface area contributed by atoms with Crippen LogP contribution in [0.5, 0.6) is 11.5 Å². The molecule has 0 saturated carbocycles. The average molecular weight is 192 g/mol. The highest BCUT2D eigenvalue weighted by Gasteiger charge is 2.10. The SMILES string of the molecule is C=CC(C)c1cc(OC)c(C)cc1O. The lowest BCUT2D eigenvalue weighted by molar-refractivity contribution is 0.407. The number of phenols is 1. The lowest BCUT2D eigenvalue weighted by Crippen LogP contribution is -1.94. The molecule has 0 spiro atoms. The maximum atomic E-state index is 9.71. The number of aromatic hydroxyl groups is 1. The van der Waals surface area contributed by atoms with Crippen LogP contribution >= 0.6 is 0 Å². The molecule has 76 valence electrons. The number of ether oxygens (including phenoxy) is 1. The number of methoxy groups -OCH3 is 1. The normalized spacial score (nSPS) is 12.2. The van der Waals surface area contributed by atoms with Crippen molar-refractivity contribution in [2.24, 2.45) is 0 Å². The standard InChI is InChI=1S/C12H16O2/c1-5-8(2)10-7-12(14-4)9(3)6-11(10)13/h5-8,13H,1H2,2-4H3. The number of hydrogen-bond donors (Lipinski definition) is 1. The summed E-state index contributed by atoms with van der Waals surface area (Å²) in [6.07, 6.45) is 1.80. The van der Waals surface area contributed by atoms with Gasteiger partial charge in [0.1, 0.15) is 11.5 Å². The Morgan fingerprint density at radius 3 is 2.64 bits per heavy atom. The molecule has 0 fully saturated rings. The fraction of sp³-hybridized carbons (Fsp3) is 0.333. The van der Waals surface area contributed by atoms with E-state index in [1.807, 2.05) is 19.9 Å². The molecule has 1 aromatic rings. The third-order valence-corrected chi connectivity index (χ3v) is 2.39. The molecule has 1 N–H and O–H groups in total. The Balaban J connectivity index is 3.23. The smallest absolute Gasteiger partial charge is 0.122 e. The molecule has 0 radical (unpaired) electrons. The van der Waals surface area contributed by atoms with Gasteiger partial charge in [0.2, 0.25) is 0 Å². The molecule has 2 heteroatoms. The molecule has 0 amide bonds. The Morgan fingerprint density at radius 2 is 2.14 bits per heavy atom. The van der Waals surface area contributed by atoms with E-state index in [2.05, 4.69) is 6.58 Å². The van der Waals surface area contributed by atoms with Gasteiger partial charge in [-0.15, -0.1) is 6.58 Å². The highest BCUT2D eigenvalue weighted by molar-refractivity contribution is 5.47. The minimum Gasteiger partial charge on any atom is -0.508 e. The first-order chi connectivity index (χ1) is 6.60. The van der Waals surface area contributed by atoms with Crippen LogP contribution in [0.1, 0.15) is 24.0 Å². The van der Waals surface area contributed by atoms with Crippen LogP contribution in [-0.2, 0) is 0 Å². The topological polar surface area (TPSA) is 29.5 Å². The second-order valence-corrected chi connectivity index (χ2v) is 3.41. The van der Waals surface area contributed by atoms with Crippen molar-refractivity contribution < 1.29 is 9.84 Å². The van der Waals surface area contributed by atoms with Crippen LogP contribution in [0, 0.1) is 6.92 Å². The molecule has 1 atom stereocenters. The quantitative estimate of drug-likeness (QED) is 0.746. The molecular weight excluding hydrogens is 176 g/mol. The lowest BCUT2D eigenvalue weighted by Gasteiger charge is -2.12. The number of rotatable bonds is 3. The summed E-state index contributed by atoms with van der Waals surface area (Å²) in [5.74, 6) is 1.23. The zero-order valence-corrected chi connectivity index (χ0v) is 8.87. The Hall–Kier alpha value is -1.44. The molecule has 0 aromatic heterocycles. The van der Waals surface area contributed by atoms with Gasteiger partial charge < -0.3 is 9.84 Å². The second-order valence-electron chi connectivity index (χ2n) is 3.41. The van der Waals surface area contributed by atoms with Crippen molar-refractivity contribution in [1.82, 2.24) is 0 Å². The third kappa shape index (κ3) is 1.90. The zero-order valence-electron chi connectivity index (χ0n) is 8.87. The molecule has 14 heavy (non-hydrogen) atoms.